The molecule has 2 heterocycles. The summed E-state index contributed by atoms with van der Waals surface area (Å²) in [6.07, 6.45) is 1.82. The smallest absolute Gasteiger partial charge is 0.410 e. The van der Waals surface area contributed by atoms with Gasteiger partial charge in [-0.2, -0.15) is 0 Å². The van der Waals surface area contributed by atoms with Crippen LogP contribution in [0.3, 0.4) is 0 Å². The minimum atomic E-state index is -0.536. The Bertz CT molecular complexity index is 615. The van der Waals surface area contributed by atoms with Gasteiger partial charge in [-0.25, -0.2) is 4.79 Å². The molecule has 0 aliphatic carbocycles. The van der Waals surface area contributed by atoms with Gasteiger partial charge in [0.1, 0.15) is 11.3 Å². The van der Waals surface area contributed by atoms with Crippen molar-refractivity contribution in [3.63, 3.8) is 0 Å². The average molecular weight is 321 g/mol. The van der Waals surface area contributed by atoms with Crippen LogP contribution in [0.4, 0.5) is 4.79 Å². The number of nitrogens with one attached hydrogen (secondary N) is 2. The van der Waals surface area contributed by atoms with Gasteiger partial charge in [0, 0.05) is 30.9 Å². The molecule has 7 nitrogen and oxygen atoms in total. The summed E-state index contributed by atoms with van der Waals surface area (Å²) < 4.78 is 5.32. The fraction of sp³-hybridized carbons (Fsp3) is 0.562. The molecule has 1 saturated heterocycles. The molecule has 0 aromatic carbocycles. The Morgan fingerprint density at radius 2 is 2.04 bits per heavy atom. The van der Waals surface area contributed by atoms with Crippen LogP contribution in [0.25, 0.3) is 0 Å². The number of ketones is 1. The van der Waals surface area contributed by atoms with Crippen molar-refractivity contribution in [3.8, 4) is 0 Å². The highest BCUT2D eigenvalue weighted by Crippen LogP contribution is 2.15. The normalized spacial score (nSPS) is 17.9. The second-order valence-corrected chi connectivity index (χ2v) is 6.74. The Morgan fingerprint density at radius 3 is 2.61 bits per heavy atom. The highest BCUT2D eigenvalue weighted by atomic mass is 16.6. The minimum Gasteiger partial charge on any atom is -0.444 e. The van der Waals surface area contributed by atoms with E-state index in [1.165, 1.54) is 19.2 Å². The van der Waals surface area contributed by atoms with Gasteiger partial charge in [0.15, 0.2) is 5.78 Å². The van der Waals surface area contributed by atoms with Gasteiger partial charge in [-0.1, -0.05) is 0 Å². The van der Waals surface area contributed by atoms with Gasteiger partial charge in [-0.15, -0.1) is 0 Å². The molecule has 0 unspecified atom stereocenters. The number of hydrogen-bond donors (Lipinski definition) is 2. The van der Waals surface area contributed by atoms with Crippen LogP contribution in [0.15, 0.2) is 12.3 Å². The monoisotopic (exact) mass is 321 g/mol. The lowest BCUT2D eigenvalue weighted by Gasteiger charge is -2.24. The topological polar surface area (TPSA) is 91.5 Å². The SMILES string of the molecule is CC(=O)c1c[nH]c(C(=O)N[C@H]2CCN(C(=O)OC(C)(C)C)C2)c1. The Kier molecular flexibility index (Phi) is 4.77. The van der Waals surface area contributed by atoms with Crippen molar-refractivity contribution in [2.24, 2.45) is 0 Å². The Morgan fingerprint density at radius 1 is 1.35 bits per heavy atom. The molecule has 1 aromatic heterocycles. The fourth-order valence-electron chi connectivity index (χ4n) is 2.36. The molecule has 1 aliphatic rings. The summed E-state index contributed by atoms with van der Waals surface area (Å²) in [5, 5.41) is 2.86. The van der Waals surface area contributed by atoms with Gasteiger partial charge in [0.25, 0.3) is 5.91 Å². The zero-order valence-electron chi connectivity index (χ0n) is 13.9. The maximum absolute atomic E-state index is 12.2. The fourth-order valence-corrected chi connectivity index (χ4v) is 2.36. The van der Waals surface area contributed by atoms with Crippen LogP contribution in [0, 0.1) is 0 Å². The molecule has 2 rings (SSSR count). The summed E-state index contributed by atoms with van der Waals surface area (Å²) in [5.74, 6) is -0.384. The van der Waals surface area contributed by atoms with Crippen molar-refractivity contribution in [1.82, 2.24) is 15.2 Å². The molecule has 126 valence electrons. The number of amides is 2. The summed E-state index contributed by atoms with van der Waals surface area (Å²) >= 11 is 0. The number of Topliss-reactive ketones (excluding diaryl/α,β-unsaturated/α-hetero) is 1. The Hall–Kier alpha value is -2.31. The highest BCUT2D eigenvalue weighted by molar-refractivity contribution is 5.99. The quantitative estimate of drug-likeness (QED) is 0.833. The van der Waals surface area contributed by atoms with E-state index < -0.39 is 5.60 Å². The lowest BCUT2D eigenvalue weighted by molar-refractivity contribution is 0.0290. The van der Waals surface area contributed by atoms with Crippen LogP contribution in [0.2, 0.25) is 0 Å². The number of H-pyrrole nitrogens is 1. The maximum atomic E-state index is 12.2. The Balaban J connectivity index is 1.88. The lowest BCUT2D eigenvalue weighted by atomic mass is 10.2. The zero-order valence-corrected chi connectivity index (χ0v) is 13.9. The number of aromatic amines is 1. The van der Waals surface area contributed by atoms with E-state index >= 15 is 0 Å². The van der Waals surface area contributed by atoms with E-state index in [2.05, 4.69) is 10.3 Å². The largest absolute Gasteiger partial charge is 0.444 e. The maximum Gasteiger partial charge on any atom is 0.410 e. The molecule has 23 heavy (non-hydrogen) atoms. The first kappa shape index (κ1) is 17.1. The van der Waals surface area contributed by atoms with E-state index in [-0.39, 0.29) is 23.8 Å². The van der Waals surface area contributed by atoms with Crippen molar-refractivity contribution >= 4 is 17.8 Å². The molecule has 2 N–H and O–H groups in total. The molecule has 2 amide bonds. The van der Waals surface area contributed by atoms with E-state index in [0.29, 0.717) is 30.8 Å². The van der Waals surface area contributed by atoms with Crippen LogP contribution >= 0.6 is 0 Å². The third kappa shape index (κ3) is 4.58. The first-order valence-corrected chi connectivity index (χ1v) is 7.64. The number of carbonyl (C=O) groups is 3. The van der Waals surface area contributed by atoms with Crippen LogP contribution in [-0.4, -0.2) is 52.4 Å². The third-order valence-corrected chi connectivity index (χ3v) is 3.51. The number of ether oxygens (including phenoxy) is 1. The van der Waals surface area contributed by atoms with Crippen LogP contribution in [-0.2, 0) is 4.74 Å². The molecule has 0 saturated carbocycles. The van der Waals surface area contributed by atoms with E-state index in [4.69, 9.17) is 4.74 Å². The molecule has 1 fully saturated rings. The molecule has 0 radical (unpaired) electrons. The highest BCUT2D eigenvalue weighted by Gasteiger charge is 2.30. The predicted molar refractivity (Wildman–Crippen MR) is 84.5 cm³/mol. The first-order chi connectivity index (χ1) is 10.7. The van der Waals surface area contributed by atoms with Crippen LogP contribution in [0.5, 0.6) is 0 Å². The summed E-state index contributed by atoms with van der Waals surface area (Å²) in [5.41, 5.74) is 0.272. The molecule has 7 heteroatoms. The molecule has 1 aromatic rings. The lowest BCUT2D eigenvalue weighted by Crippen LogP contribution is -2.40. The van der Waals surface area contributed by atoms with Crippen molar-refractivity contribution in [2.75, 3.05) is 13.1 Å². The molecule has 0 spiro atoms. The summed E-state index contributed by atoms with van der Waals surface area (Å²) in [7, 11) is 0. The van der Waals surface area contributed by atoms with E-state index in [1.807, 2.05) is 20.8 Å². The summed E-state index contributed by atoms with van der Waals surface area (Å²) in [4.78, 5) is 39.8. The standard InChI is InChI=1S/C16H23N3O4/c1-10(20)11-7-13(17-8-11)14(21)18-12-5-6-19(9-12)15(22)23-16(2,3)4/h7-8,12,17H,5-6,9H2,1-4H3,(H,18,21)/t12-/m0/s1. The van der Waals surface area contributed by atoms with Crippen LogP contribution < -0.4 is 5.32 Å². The van der Waals surface area contributed by atoms with Gasteiger partial charge < -0.3 is 19.9 Å². The van der Waals surface area contributed by atoms with Gasteiger partial charge in [-0.05, 0) is 40.2 Å². The molecular weight excluding hydrogens is 298 g/mol. The van der Waals surface area contributed by atoms with E-state index in [9.17, 15) is 14.4 Å². The van der Waals surface area contributed by atoms with Gasteiger partial charge in [-0.3, -0.25) is 9.59 Å². The second-order valence-electron chi connectivity index (χ2n) is 6.74. The van der Waals surface area contributed by atoms with Crippen molar-refractivity contribution < 1.29 is 19.1 Å². The number of nitrogens with zero attached hydrogens (tertiary/aromatic N) is 1. The number of rotatable bonds is 3. The Labute approximate surface area is 135 Å². The number of carbonyl (C=O) groups excluding carboxylic acids is 3. The van der Waals surface area contributed by atoms with Crippen molar-refractivity contribution in [2.45, 2.75) is 45.8 Å². The van der Waals surface area contributed by atoms with E-state index in [0.717, 1.165) is 0 Å². The van der Waals surface area contributed by atoms with Crippen molar-refractivity contribution in [1.29, 1.82) is 0 Å². The molecular formula is C16H23N3O4. The number of hydrogen-bond acceptors (Lipinski definition) is 4. The van der Waals surface area contributed by atoms with E-state index in [1.54, 1.807) is 4.90 Å². The second kappa shape index (κ2) is 6.44. The average Bonchev–Trinajstić information content (AvgIpc) is 3.05. The van der Waals surface area contributed by atoms with Gasteiger partial charge in [0.05, 0.1) is 0 Å². The molecule has 0 bridgehead atoms. The molecule has 1 atom stereocenters. The van der Waals surface area contributed by atoms with Gasteiger partial charge >= 0.3 is 6.09 Å². The number of aromatic nitrogens is 1. The van der Waals surface area contributed by atoms with Crippen LogP contribution in [0.1, 0.15) is 55.0 Å². The zero-order chi connectivity index (χ0) is 17.2. The predicted octanol–water partition coefficient (Wildman–Crippen LogP) is 1.96. The minimum absolute atomic E-state index is 0.0998. The summed E-state index contributed by atoms with van der Waals surface area (Å²) in [6, 6.07) is 1.40. The van der Waals surface area contributed by atoms with Crippen molar-refractivity contribution in [3.05, 3.63) is 23.5 Å². The molecule has 1 aliphatic heterocycles. The number of likely N-dealkylation sites (tertiary alicyclic amines) is 1. The third-order valence-electron chi connectivity index (χ3n) is 3.51. The van der Waals surface area contributed by atoms with Gasteiger partial charge in [0.2, 0.25) is 0 Å². The first-order valence-electron chi connectivity index (χ1n) is 7.64. The summed E-state index contributed by atoms with van der Waals surface area (Å²) in [6.45, 7) is 7.86.